The lowest BCUT2D eigenvalue weighted by atomic mass is 10.0. The van der Waals surface area contributed by atoms with Crippen LogP contribution in [0, 0.1) is 13.8 Å². The summed E-state index contributed by atoms with van der Waals surface area (Å²) in [5.41, 5.74) is 7.29. The van der Waals surface area contributed by atoms with Gasteiger partial charge in [0.15, 0.2) is 0 Å². The molecular weight excluding hydrogens is 454 g/mol. The van der Waals surface area contributed by atoms with Crippen molar-refractivity contribution in [1.29, 1.82) is 0 Å². The van der Waals surface area contributed by atoms with Gasteiger partial charge in [-0.25, -0.2) is 9.97 Å². The second kappa shape index (κ2) is 6.67. The van der Waals surface area contributed by atoms with E-state index in [4.69, 9.17) is 19.7 Å². The largest absolute Gasteiger partial charge is 0.485 e. The number of benzene rings is 3. The van der Waals surface area contributed by atoms with Crippen LogP contribution in [0.1, 0.15) is 17.3 Å². The highest BCUT2D eigenvalue weighted by atomic mass is 32.1. The van der Waals surface area contributed by atoms with Gasteiger partial charge in [-0.1, -0.05) is 18.2 Å². The van der Waals surface area contributed by atoms with Gasteiger partial charge in [-0.15, -0.1) is 11.3 Å². The number of fused-ring (bicyclic) bond motifs is 11. The first-order valence-corrected chi connectivity index (χ1v) is 12.4. The summed E-state index contributed by atoms with van der Waals surface area (Å²) in [6.45, 7) is 4.49. The smallest absolute Gasteiger partial charge is 0.147 e. The Balaban J connectivity index is 1.36. The molecule has 0 amide bonds. The summed E-state index contributed by atoms with van der Waals surface area (Å²) in [4.78, 5) is 22.2. The minimum absolute atomic E-state index is 0.517. The van der Waals surface area contributed by atoms with Gasteiger partial charge in [0.05, 0.1) is 32.6 Å². The van der Waals surface area contributed by atoms with Crippen molar-refractivity contribution in [1.82, 2.24) is 24.9 Å². The zero-order valence-electron chi connectivity index (χ0n) is 19.1. The summed E-state index contributed by atoms with van der Waals surface area (Å²) in [5, 5.41) is 4.52. The van der Waals surface area contributed by atoms with Crippen molar-refractivity contribution in [3.63, 3.8) is 0 Å². The summed E-state index contributed by atoms with van der Waals surface area (Å²) in [6.07, 6.45) is 1.86. The van der Waals surface area contributed by atoms with E-state index in [1.165, 1.54) is 15.8 Å². The molecule has 1 aliphatic rings. The summed E-state index contributed by atoms with van der Waals surface area (Å²) < 4.78 is 7.38. The van der Waals surface area contributed by atoms with Crippen molar-refractivity contribution in [2.75, 3.05) is 0 Å². The van der Waals surface area contributed by atoms with Crippen LogP contribution in [0.2, 0.25) is 0 Å². The third-order valence-corrected chi connectivity index (χ3v) is 8.07. The molecule has 8 rings (SSSR count). The minimum atomic E-state index is 0.517. The van der Waals surface area contributed by atoms with Crippen LogP contribution in [-0.4, -0.2) is 24.9 Å². The number of pyridine rings is 1. The molecule has 0 saturated heterocycles. The fraction of sp³-hybridized carbons (Fsp3) is 0.107. The molecule has 0 aliphatic carbocycles. The van der Waals surface area contributed by atoms with Gasteiger partial charge in [0.25, 0.3) is 0 Å². The standard InChI is InChI=1S/C28H19N5OS/c1-13-30-21-12-34-27-19(24(21)31-13)8-6-16-11-22(35-28(16)27)15-5-7-17-20(10-15)23-18(4-3-9-29-23)26-25(17)32-14(2)33-26/h3-11H,12H2,1-2H3,(H,30,31)(H,32,33). The molecule has 2 N–H and O–H groups in total. The maximum Gasteiger partial charge on any atom is 0.147 e. The quantitative estimate of drug-likeness (QED) is 0.251. The number of ether oxygens (including phenoxy) is 1. The van der Waals surface area contributed by atoms with E-state index >= 15 is 0 Å². The van der Waals surface area contributed by atoms with Crippen LogP contribution in [-0.2, 0) is 6.61 Å². The van der Waals surface area contributed by atoms with Crippen molar-refractivity contribution in [3.8, 4) is 27.4 Å². The summed E-state index contributed by atoms with van der Waals surface area (Å²) in [6, 6.07) is 17.3. The van der Waals surface area contributed by atoms with E-state index in [0.717, 1.165) is 71.8 Å². The van der Waals surface area contributed by atoms with Crippen molar-refractivity contribution >= 4 is 54.1 Å². The van der Waals surface area contributed by atoms with Crippen LogP contribution < -0.4 is 4.74 Å². The van der Waals surface area contributed by atoms with Crippen molar-refractivity contribution < 1.29 is 4.74 Å². The summed E-state index contributed by atoms with van der Waals surface area (Å²) in [7, 11) is 0. The van der Waals surface area contributed by atoms with Crippen molar-refractivity contribution in [2.24, 2.45) is 0 Å². The van der Waals surface area contributed by atoms with Gasteiger partial charge < -0.3 is 14.7 Å². The highest BCUT2D eigenvalue weighted by Gasteiger charge is 2.24. The van der Waals surface area contributed by atoms with Gasteiger partial charge >= 0.3 is 0 Å². The number of aromatic amines is 2. The Labute approximate surface area is 203 Å². The Hall–Kier alpha value is -4.23. The third kappa shape index (κ3) is 2.61. The Kier molecular flexibility index (Phi) is 3.64. The minimum Gasteiger partial charge on any atom is -0.485 e. The number of aromatic nitrogens is 5. The molecule has 4 aromatic heterocycles. The molecule has 6 nitrogen and oxygen atoms in total. The molecule has 3 aromatic carbocycles. The van der Waals surface area contributed by atoms with E-state index in [0.29, 0.717) is 6.61 Å². The average Bonchev–Trinajstić information content (AvgIpc) is 3.59. The molecule has 0 fully saturated rings. The predicted molar refractivity (Wildman–Crippen MR) is 141 cm³/mol. The molecule has 7 aromatic rings. The Morgan fingerprint density at radius 1 is 0.886 bits per heavy atom. The number of nitrogens with zero attached hydrogens (tertiary/aromatic N) is 3. The van der Waals surface area contributed by atoms with Crippen LogP contribution in [0.15, 0.2) is 54.7 Å². The maximum atomic E-state index is 6.22. The number of imidazole rings is 2. The lowest BCUT2D eigenvalue weighted by molar-refractivity contribution is 0.302. The first-order chi connectivity index (χ1) is 17.1. The predicted octanol–water partition coefficient (Wildman–Crippen LogP) is 7.05. The van der Waals surface area contributed by atoms with E-state index in [2.05, 4.69) is 52.4 Å². The lowest BCUT2D eigenvalue weighted by Crippen LogP contribution is -2.05. The number of hydrogen-bond donors (Lipinski definition) is 2. The van der Waals surface area contributed by atoms with Gasteiger partial charge in [0.1, 0.15) is 24.0 Å². The highest BCUT2D eigenvalue weighted by Crippen LogP contribution is 2.47. The molecule has 0 bridgehead atoms. The molecule has 168 valence electrons. The molecule has 35 heavy (non-hydrogen) atoms. The fourth-order valence-electron chi connectivity index (χ4n) is 5.37. The van der Waals surface area contributed by atoms with Crippen LogP contribution in [0.25, 0.3) is 64.5 Å². The van der Waals surface area contributed by atoms with E-state index < -0.39 is 0 Å². The number of aryl methyl sites for hydroxylation is 2. The van der Waals surface area contributed by atoms with E-state index in [-0.39, 0.29) is 0 Å². The van der Waals surface area contributed by atoms with Gasteiger partial charge in [-0.3, -0.25) is 4.98 Å². The van der Waals surface area contributed by atoms with Gasteiger partial charge in [0, 0.05) is 32.8 Å². The zero-order chi connectivity index (χ0) is 23.3. The maximum absolute atomic E-state index is 6.22. The first-order valence-electron chi connectivity index (χ1n) is 11.6. The van der Waals surface area contributed by atoms with Gasteiger partial charge in [0.2, 0.25) is 0 Å². The van der Waals surface area contributed by atoms with Crippen LogP contribution in [0.3, 0.4) is 0 Å². The Bertz CT molecular complexity index is 1990. The number of thiophene rings is 1. The third-order valence-electron chi connectivity index (χ3n) is 6.87. The number of H-pyrrole nitrogens is 2. The molecule has 5 heterocycles. The normalized spacial score (nSPS) is 13.0. The molecule has 1 aliphatic heterocycles. The topological polar surface area (TPSA) is 79.5 Å². The molecule has 0 saturated carbocycles. The van der Waals surface area contributed by atoms with Gasteiger partial charge in [-0.2, -0.15) is 0 Å². The van der Waals surface area contributed by atoms with Gasteiger partial charge in [-0.05, 0) is 55.1 Å². The molecule has 0 atom stereocenters. The Morgan fingerprint density at radius 2 is 1.80 bits per heavy atom. The highest BCUT2D eigenvalue weighted by molar-refractivity contribution is 7.22. The lowest BCUT2D eigenvalue weighted by Gasteiger charge is -2.17. The monoisotopic (exact) mass is 473 g/mol. The van der Waals surface area contributed by atoms with Crippen molar-refractivity contribution in [3.05, 3.63) is 72.1 Å². The van der Waals surface area contributed by atoms with E-state index in [9.17, 15) is 0 Å². The molecule has 0 radical (unpaired) electrons. The van der Waals surface area contributed by atoms with E-state index in [1.54, 1.807) is 11.3 Å². The number of rotatable bonds is 1. The molecule has 0 spiro atoms. The molecule has 7 heteroatoms. The zero-order valence-corrected chi connectivity index (χ0v) is 19.9. The first kappa shape index (κ1) is 19.1. The second-order valence-electron chi connectivity index (χ2n) is 9.12. The van der Waals surface area contributed by atoms with Crippen LogP contribution in [0.5, 0.6) is 5.75 Å². The SMILES string of the molecule is Cc1nc2c([nH]1)COc1c-2ccc2cc(-c3ccc4c(c3)c3ncccc3c3nc(C)[nH]c43)sc12. The number of nitrogens with one attached hydrogen (secondary N) is 2. The number of hydrogen-bond acceptors (Lipinski definition) is 5. The van der Waals surface area contributed by atoms with Crippen LogP contribution in [0.4, 0.5) is 0 Å². The average molecular weight is 474 g/mol. The fourth-order valence-corrected chi connectivity index (χ4v) is 6.52. The molecular formula is C28H19N5OS. The summed E-state index contributed by atoms with van der Waals surface area (Å²) >= 11 is 1.76. The molecule has 0 unspecified atom stereocenters. The second-order valence-corrected chi connectivity index (χ2v) is 10.2. The summed E-state index contributed by atoms with van der Waals surface area (Å²) in [5.74, 6) is 2.75. The van der Waals surface area contributed by atoms with Crippen molar-refractivity contribution in [2.45, 2.75) is 20.5 Å². The Morgan fingerprint density at radius 3 is 2.74 bits per heavy atom. The van der Waals surface area contributed by atoms with E-state index in [1.807, 2.05) is 26.1 Å². The van der Waals surface area contributed by atoms with Crippen LogP contribution >= 0.6 is 11.3 Å².